The van der Waals surface area contributed by atoms with E-state index < -0.39 is 27.6 Å². The summed E-state index contributed by atoms with van der Waals surface area (Å²) in [5.41, 5.74) is 5.80. The monoisotopic (exact) mass is 489 g/mol. The molecule has 2 N–H and O–H groups in total. The summed E-state index contributed by atoms with van der Waals surface area (Å²) in [6.45, 7) is 0.689. The highest BCUT2D eigenvalue weighted by atomic mass is 32.2. The van der Waals surface area contributed by atoms with Gasteiger partial charge in [-0.1, -0.05) is 6.07 Å². The number of carbonyl (C=O) groups excluding carboxylic acids is 3. The number of sulfone groups is 1. The molecule has 1 saturated heterocycles. The lowest BCUT2D eigenvalue weighted by Gasteiger charge is -2.17. The average molecular weight is 490 g/mol. The summed E-state index contributed by atoms with van der Waals surface area (Å²) in [6.07, 6.45) is 1.71. The van der Waals surface area contributed by atoms with Crippen LogP contribution in [0.2, 0.25) is 0 Å². The quantitative estimate of drug-likeness (QED) is 0.528. The van der Waals surface area contributed by atoms with E-state index in [-0.39, 0.29) is 29.3 Å². The maximum atomic E-state index is 12.5. The third kappa shape index (κ3) is 6.04. The van der Waals surface area contributed by atoms with Crippen LogP contribution in [0.15, 0.2) is 47.4 Å². The van der Waals surface area contributed by atoms with E-state index >= 15 is 0 Å². The van der Waals surface area contributed by atoms with Gasteiger partial charge in [0.1, 0.15) is 0 Å². The first-order valence-electron chi connectivity index (χ1n) is 10.5. The van der Waals surface area contributed by atoms with Crippen molar-refractivity contribution in [2.75, 3.05) is 33.6 Å². The van der Waals surface area contributed by atoms with Gasteiger partial charge in [0.2, 0.25) is 11.8 Å². The lowest BCUT2D eigenvalue weighted by Crippen LogP contribution is -2.45. The fourth-order valence-electron chi connectivity index (χ4n) is 3.61. The van der Waals surface area contributed by atoms with E-state index in [1.807, 2.05) is 12.1 Å². The van der Waals surface area contributed by atoms with Crippen LogP contribution in [0.4, 0.5) is 0 Å². The van der Waals surface area contributed by atoms with E-state index in [9.17, 15) is 22.8 Å². The topological polar surface area (TPSA) is 131 Å². The summed E-state index contributed by atoms with van der Waals surface area (Å²) in [4.78, 5) is 38.8. The van der Waals surface area contributed by atoms with Gasteiger partial charge in [0.05, 0.1) is 25.0 Å². The zero-order chi connectivity index (χ0) is 24.9. The maximum Gasteiger partial charge on any atom is 0.269 e. The summed E-state index contributed by atoms with van der Waals surface area (Å²) >= 11 is 0. The second-order valence-corrected chi connectivity index (χ2v) is 9.94. The van der Waals surface area contributed by atoms with Crippen LogP contribution < -0.4 is 20.3 Å². The van der Waals surface area contributed by atoms with E-state index in [4.69, 9.17) is 9.47 Å². The van der Waals surface area contributed by atoms with Crippen molar-refractivity contribution >= 4 is 27.6 Å². The van der Waals surface area contributed by atoms with Gasteiger partial charge in [-0.05, 0) is 48.4 Å². The zero-order valence-corrected chi connectivity index (χ0v) is 20.0. The molecule has 0 spiro atoms. The molecule has 0 radical (unpaired) electrons. The fraction of sp³-hybridized carbons (Fsp3) is 0.348. The number of hydrogen-bond donors (Lipinski definition) is 2. The smallest absolute Gasteiger partial charge is 0.269 e. The van der Waals surface area contributed by atoms with Crippen molar-refractivity contribution in [2.24, 2.45) is 5.92 Å². The highest BCUT2D eigenvalue weighted by molar-refractivity contribution is 7.90. The molecule has 2 aromatic rings. The summed E-state index contributed by atoms with van der Waals surface area (Å²) < 4.78 is 33.5. The molecule has 1 fully saturated rings. The number of methoxy groups -OCH3 is 2. The summed E-state index contributed by atoms with van der Waals surface area (Å²) in [5, 5.41) is 0. The molecule has 182 valence electrons. The van der Waals surface area contributed by atoms with Crippen LogP contribution in [-0.4, -0.2) is 64.6 Å². The average Bonchev–Trinajstić information content (AvgIpc) is 3.20. The number of rotatable bonds is 8. The van der Waals surface area contributed by atoms with Crippen LogP contribution in [0.3, 0.4) is 0 Å². The molecule has 1 unspecified atom stereocenters. The van der Waals surface area contributed by atoms with E-state index in [0.29, 0.717) is 24.5 Å². The number of ether oxygens (including phenoxy) is 2. The molecule has 1 aliphatic heterocycles. The standard InChI is InChI=1S/C23H27N3O7S/c1-32-19-9-4-15(12-20(19)33-2)10-11-26-14-17(13-21(26)27)23(29)25-24-22(28)16-5-7-18(8-6-16)34(3,30)31/h4-9,12,17H,10-11,13-14H2,1-3H3,(H,24,28)(H,25,29). The maximum absolute atomic E-state index is 12.5. The Bertz CT molecular complexity index is 1180. The molecular formula is C23H27N3O7S. The van der Waals surface area contributed by atoms with Crippen molar-refractivity contribution in [3.05, 3.63) is 53.6 Å². The highest BCUT2D eigenvalue weighted by Gasteiger charge is 2.34. The van der Waals surface area contributed by atoms with E-state index in [1.165, 1.54) is 24.3 Å². The van der Waals surface area contributed by atoms with E-state index in [2.05, 4.69) is 10.9 Å². The van der Waals surface area contributed by atoms with Crippen molar-refractivity contribution in [1.82, 2.24) is 15.8 Å². The molecule has 0 aromatic heterocycles. The van der Waals surface area contributed by atoms with E-state index in [1.54, 1.807) is 25.2 Å². The van der Waals surface area contributed by atoms with Gasteiger partial charge in [-0.3, -0.25) is 25.2 Å². The minimum Gasteiger partial charge on any atom is -0.493 e. The summed E-state index contributed by atoms with van der Waals surface area (Å²) in [6, 6.07) is 10.9. The lowest BCUT2D eigenvalue weighted by molar-refractivity contribution is -0.129. The number of benzene rings is 2. The van der Waals surface area contributed by atoms with Crippen LogP contribution in [0.25, 0.3) is 0 Å². The fourth-order valence-corrected chi connectivity index (χ4v) is 4.24. The Morgan fingerprint density at radius 2 is 1.71 bits per heavy atom. The molecule has 3 amide bonds. The molecule has 3 rings (SSSR count). The van der Waals surface area contributed by atoms with Crippen LogP contribution in [0, 0.1) is 5.92 Å². The molecule has 0 saturated carbocycles. The van der Waals surface area contributed by atoms with Crippen molar-refractivity contribution in [1.29, 1.82) is 0 Å². The highest BCUT2D eigenvalue weighted by Crippen LogP contribution is 2.28. The molecule has 11 heteroatoms. The molecule has 1 atom stereocenters. The number of nitrogens with one attached hydrogen (secondary N) is 2. The number of likely N-dealkylation sites (tertiary alicyclic amines) is 1. The number of hydrogen-bond acceptors (Lipinski definition) is 7. The SMILES string of the molecule is COc1ccc(CCN2CC(C(=O)NNC(=O)c3ccc(S(C)(=O)=O)cc3)CC2=O)cc1OC. The normalized spacial score (nSPS) is 15.7. The number of nitrogens with zero attached hydrogens (tertiary/aromatic N) is 1. The number of hydrazine groups is 1. The zero-order valence-electron chi connectivity index (χ0n) is 19.2. The van der Waals surface area contributed by atoms with Crippen molar-refractivity contribution in [3.63, 3.8) is 0 Å². The first-order valence-corrected chi connectivity index (χ1v) is 12.4. The Morgan fingerprint density at radius 3 is 2.32 bits per heavy atom. The van der Waals surface area contributed by atoms with Gasteiger partial charge < -0.3 is 14.4 Å². The van der Waals surface area contributed by atoms with Crippen LogP contribution in [0.1, 0.15) is 22.3 Å². The van der Waals surface area contributed by atoms with Gasteiger partial charge >= 0.3 is 0 Å². The minimum absolute atomic E-state index is 0.0523. The predicted octanol–water partition coefficient (Wildman–Crippen LogP) is 0.960. The van der Waals surface area contributed by atoms with Crippen LogP contribution >= 0.6 is 0 Å². The van der Waals surface area contributed by atoms with Crippen LogP contribution in [-0.2, 0) is 25.8 Å². The first kappa shape index (κ1) is 25.0. The van der Waals surface area contributed by atoms with Gasteiger partial charge in [0.25, 0.3) is 5.91 Å². The van der Waals surface area contributed by atoms with Gasteiger partial charge in [-0.15, -0.1) is 0 Å². The van der Waals surface area contributed by atoms with Gasteiger partial charge in [-0.2, -0.15) is 0 Å². The summed E-state index contributed by atoms with van der Waals surface area (Å²) in [7, 11) is -0.260. The van der Waals surface area contributed by atoms with Gasteiger partial charge in [0.15, 0.2) is 21.3 Å². The predicted molar refractivity (Wildman–Crippen MR) is 123 cm³/mol. The Balaban J connectivity index is 1.50. The van der Waals surface area contributed by atoms with Gasteiger partial charge in [-0.25, -0.2) is 8.42 Å². The number of amides is 3. The number of carbonyl (C=O) groups is 3. The molecule has 1 aliphatic rings. The largest absolute Gasteiger partial charge is 0.493 e. The molecule has 10 nitrogen and oxygen atoms in total. The van der Waals surface area contributed by atoms with Crippen LogP contribution in [0.5, 0.6) is 11.5 Å². The Labute approximate surface area is 198 Å². The molecule has 34 heavy (non-hydrogen) atoms. The third-order valence-corrected chi connectivity index (χ3v) is 6.68. The molecule has 1 heterocycles. The minimum atomic E-state index is -3.37. The Hall–Kier alpha value is -3.60. The second-order valence-electron chi connectivity index (χ2n) is 7.92. The van der Waals surface area contributed by atoms with E-state index in [0.717, 1.165) is 11.8 Å². The van der Waals surface area contributed by atoms with Crippen molar-refractivity contribution in [3.8, 4) is 11.5 Å². The first-order chi connectivity index (χ1) is 16.1. The second kappa shape index (κ2) is 10.6. The molecule has 0 aliphatic carbocycles. The van der Waals surface area contributed by atoms with Gasteiger partial charge in [0, 0.05) is 31.3 Å². The third-order valence-electron chi connectivity index (χ3n) is 5.55. The lowest BCUT2D eigenvalue weighted by atomic mass is 10.1. The van der Waals surface area contributed by atoms with Crippen molar-refractivity contribution in [2.45, 2.75) is 17.7 Å². The Kier molecular flexibility index (Phi) is 7.77. The molecule has 0 bridgehead atoms. The molecule has 2 aromatic carbocycles. The molecular weight excluding hydrogens is 462 g/mol. The summed E-state index contributed by atoms with van der Waals surface area (Å²) in [5.74, 6) is -0.569. The van der Waals surface area contributed by atoms with Crippen molar-refractivity contribution < 1.29 is 32.3 Å². The Morgan fingerprint density at radius 1 is 1.03 bits per heavy atom.